The molecular weight excluding hydrogens is 424 g/mol. The van der Waals surface area contributed by atoms with Gasteiger partial charge in [0.2, 0.25) is 0 Å². The number of nitro groups is 1. The van der Waals surface area contributed by atoms with Crippen LogP contribution in [0.25, 0.3) is 0 Å². The second kappa shape index (κ2) is 8.69. The molecule has 4 rings (SSSR count). The Kier molecular flexibility index (Phi) is 5.78. The van der Waals surface area contributed by atoms with E-state index in [0.717, 1.165) is 17.0 Å². The zero-order chi connectivity index (χ0) is 23.7. The number of benzene rings is 1. The fraction of sp³-hybridized carbons (Fsp3) is 0.273. The van der Waals surface area contributed by atoms with Gasteiger partial charge in [-0.05, 0) is 57.5 Å². The minimum atomic E-state index is -0.445. The quantitative estimate of drug-likeness (QED) is 0.342. The van der Waals surface area contributed by atoms with Crippen molar-refractivity contribution in [3.63, 3.8) is 0 Å². The SMILES string of the molecule is Cc1cc(C)n(Cc2cccc(NC(=O)c3ccn(Cn4nc(C)c([N+](=O)[O-])c4C)n3)c2)n1. The van der Waals surface area contributed by atoms with Gasteiger partial charge in [-0.3, -0.25) is 24.3 Å². The minimum absolute atomic E-state index is 0.0135. The lowest BCUT2D eigenvalue weighted by molar-refractivity contribution is -0.386. The summed E-state index contributed by atoms with van der Waals surface area (Å²) < 4.78 is 4.92. The van der Waals surface area contributed by atoms with Crippen molar-refractivity contribution in [1.29, 1.82) is 0 Å². The maximum Gasteiger partial charge on any atom is 0.312 e. The lowest BCUT2D eigenvalue weighted by atomic mass is 10.2. The Balaban J connectivity index is 1.45. The number of hydrogen-bond donors (Lipinski definition) is 1. The molecule has 0 fully saturated rings. The molecule has 0 aliphatic rings. The number of anilines is 1. The van der Waals surface area contributed by atoms with E-state index in [1.54, 1.807) is 26.1 Å². The molecule has 0 aliphatic heterocycles. The molecule has 0 saturated carbocycles. The van der Waals surface area contributed by atoms with E-state index in [-0.39, 0.29) is 24.0 Å². The molecule has 1 N–H and O–H groups in total. The highest BCUT2D eigenvalue weighted by Gasteiger charge is 2.22. The third-order valence-corrected chi connectivity index (χ3v) is 5.30. The van der Waals surface area contributed by atoms with E-state index in [1.807, 2.05) is 48.9 Å². The predicted molar refractivity (Wildman–Crippen MR) is 121 cm³/mol. The number of nitrogens with zero attached hydrogens (tertiary/aromatic N) is 7. The van der Waals surface area contributed by atoms with Crippen LogP contribution < -0.4 is 5.32 Å². The lowest BCUT2D eigenvalue weighted by Gasteiger charge is -2.08. The van der Waals surface area contributed by atoms with Crippen molar-refractivity contribution in [3.05, 3.63) is 86.7 Å². The molecule has 3 heterocycles. The fourth-order valence-corrected chi connectivity index (χ4v) is 3.74. The van der Waals surface area contributed by atoms with Gasteiger partial charge in [0.25, 0.3) is 5.91 Å². The van der Waals surface area contributed by atoms with Gasteiger partial charge in [0.05, 0.1) is 17.2 Å². The number of carbonyl (C=O) groups excluding carboxylic acids is 1. The van der Waals surface area contributed by atoms with E-state index >= 15 is 0 Å². The van der Waals surface area contributed by atoms with Gasteiger partial charge in [-0.2, -0.15) is 15.3 Å². The van der Waals surface area contributed by atoms with Gasteiger partial charge in [-0.1, -0.05) is 12.1 Å². The van der Waals surface area contributed by atoms with Crippen molar-refractivity contribution < 1.29 is 9.72 Å². The van der Waals surface area contributed by atoms with Crippen LogP contribution in [-0.4, -0.2) is 40.2 Å². The number of amides is 1. The summed E-state index contributed by atoms with van der Waals surface area (Å²) in [5, 5.41) is 27.0. The Morgan fingerprint density at radius 2 is 1.85 bits per heavy atom. The molecule has 0 aliphatic carbocycles. The van der Waals surface area contributed by atoms with E-state index < -0.39 is 4.92 Å². The highest BCUT2D eigenvalue weighted by Crippen LogP contribution is 2.21. The summed E-state index contributed by atoms with van der Waals surface area (Å²) in [5.74, 6) is -0.351. The predicted octanol–water partition coefficient (Wildman–Crippen LogP) is 3.22. The van der Waals surface area contributed by atoms with Crippen molar-refractivity contribution in [3.8, 4) is 0 Å². The summed E-state index contributed by atoms with van der Waals surface area (Å²) >= 11 is 0. The first-order valence-corrected chi connectivity index (χ1v) is 10.3. The Bertz CT molecular complexity index is 1350. The first-order valence-electron chi connectivity index (χ1n) is 10.3. The first kappa shape index (κ1) is 21.9. The average molecular weight is 448 g/mol. The molecule has 170 valence electrons. The first-order chi connectivity index (χ1) is 15.7. The summed E-state index contributed by atoms with van der Waals surface area (Å²) in [6.45, 7) is 7.95. The van der Waals surface area contributed by atoms with Gasteiger partial charge in [-0.25, -0.2) is 4.68 Å². The Morgan fingerprint density at radius 1 is 1.06 bits per heavy atom. The number of nitrogens with one attached hydrogen (secondary N) is 1. The van der Waals surface area contributed by atoms with Crippen LogP contribution in [0.2, 0.25) is 0 Å². The standard InChI is InChI=1S/C22H24N8O3/c1-14-10-15(2)28(24-14)12-18-6-5-7-19(11-18)23-22(31)20-8-9-27(26-20)13-29-17(4)21(30(32)33)16(3)25-29/h5-11H,12-13H2,1-4H3,(H,23,31). The van der Waals surface area contributed by atoms with Gasteiger partial charge >= 0.3 is 5.69 Å². The fourth-order valence-electron chi connectivity index (χ4n) is 3.74. The smallest absolute Gasteiger partial charge is 0.312 e. The summed E-state index contributed by atoms with van der Waals surface area (Å²) in [7, 11) is 0. The highest BCUT2D eigenvalue weighted by molar-refractivity contribution is 6.02. The van der Waals surface area contributed by atoms with Crippen molar-refractivity contribution in [2.24, 2.45) is 0 Å². The summed E-state index contributed by atoms with van der Waals surface area (Å²) in [4.78, 5) is 23.5. The molecule has 0 unspecified atom stereocenters. The maximum atomic E-state index is 12.7. The van der Waals surface area contributed by atoms with Crippen molar-refractivity contribution in [2.45, 2.75) is 40.9 Å². The number of aryl methyl sites for hydroxylation is 3. The molecule has 0 radical (unpaired) electrons. The number of carbonyl (C=O) groups is 1. The zero-order valence-corrected chi connectivity index (χ0v) is 18.8. The molecule has 0 saturated heterocycles. The van der Waals surface area contributed by atoms with E-state index in [9.17, 15) is 14.9 Å². The van der Waals surface area contributed by atoms with Gasteiger partial charge in [-0.15, -0.1) is 0 Å². The van der Waals surface area contributed by atoms with Crippen LogP contribution in [-0.2, 0) is 13.2 Å². The van der Waals surface area contributed by atoms with Crippen LogP contribution >= 0.6 is 0 Å². The molecule has 1 aromatic carbocycles. The van der Waals surface area contributed by atoms with Crippen molar-refractivity contribution >= 4 is 17.3 Å². The normalized spacial score (nSPS) is 11.0. The lowest BCUT2D eigenvalue weighted by Crippen LogP contribution is -2.16. The molecule has 33 heavy (non-hydrogen) atoms. The summed E-state index contributed by atoms with van der Waals surface area (Å²) in [6.07, 6.45) is 1.64. The summed E-state index contributed by atoms with van der Waals surface area (Å²) in [5.41, 5.74) is 4.68. The van der Waals surface area contributed by atoms with Crippen LogP contribution in [0.3, 0.4) is 0 Å². The van der Waals surface area contributed by atoms with Crippen LogP contribution in [0.15, 0.2) is 42.6 Å². The Labute approximate surface area is 189 Å². The monoisotopic (exact) mass is 448 g/mol. The van der Waals surface area contributed by atoms with Crippen LogP contribution in [0.4, 0.5) is 11.4 Å². The molecule has 3 aromatic heterocycles. The minimum Gasteiger partial charge on any atom is -0.321 e. The number of rotatable bonds is 7. The number of aromatic nitrogens is 6. The van der Waals surface area contributed by atoms with Gasteiger partial charge < -0.3 is 5.32 Å². The van der Waals surface area contributed by atoms with E-state index in [2.05, 4.69) is 20.6 Å². The Hall–Kier alpha value is -4.28. The third kappa shape index (κ3) is 4.66. The molecule has 4 aromatic rings. The second-order valence-corrected chi connectivity index (χ2v) is 7.90. The maximum absolute atomic E-state index is 12.7. The van der Waals surface area contributed by atoms with Crippen LogP contribution in [0.5, 0.6) is 0 Å². The van der Waals surface area contributed by atoms with Gasteiger partial charge in [0, 0.05) is 17.6 Å². The van der Waals surface area contributed by atoms with E-state index in [0.29, 0.717) is 23.6 Å². The molecule has 11 nitrogen and oxygen atoms in total. The number of hydrogen-bond acceptors (Lipinski definition) is 6. The molecule has 0 spiro atoms. The molecule has 0 bridgehead atoms. The van der Waals surface area contributed by atoms with E-state index in [1.165, 1.54) is 9.36 Å². The topological polar surface area (TPSA) is 126 Å². The highest BCUT2D eigenvalue weighted by atomic mass is 16.6. The molecule has 1 amide bonds. The summed E-state index contributed by atoms with van der Waals surface area (Å²) in [6, 6.07) is 11.2. The zero-order valence-electron chi connectivity index (χ0n) is 18.8. The largest absolute Gasteiger partial charge is 0.321 e. The van der Waals surface area contributed by atoms with Gasteiger partial charge in [0.1, 0.15) is 18.1 Å². The van der Waals surface area contributed by atoms with Crippen LogP contribution in [0.1, 0.15) is 38.8 Å². The third-order valence-electron chi connectivity index (χ3n) is 5.30. The van der Waals surface area contributed by atoms with E-state index in [4.69, 9.17) is 0 Å². The van der Waals surface area contributed by atoms with Crippen molar-refractivity contribution in [2.75, 3.05) is 5.32 Å². The van der Waals surface area contributed by atoms with Crippen LogP contribution in [0, 0.1) is 37.8 Å². The molecular formula is C22H24N8O3. The molecule has 11 heteroatoms. The van der Waals surface area contributed by atoms with Crippen molar-refractivity contribution in [1.82, 2.24) is 29.3 Å². The van der Waals surface area contributed by atoms with Gasteiger partial charge in [0.15, 0.2) is 5.69 Å². The molecule has 0 atom stereocenters. The average Bonchev–Trinajstić information content (AvgIpc) is 3.41. The Morgan fingerprint density at radius 3 is 2.52 bits per heavy atom. The second-order valence-electron chi connectivity index (χ2n) is 7.90.